The summed E-state index contributed by atoms with van der Waals surface area (Å²) < 4.78 is 10.5. The van der Waals surface area contributed by atoms with E-state index < -0.39 is 0 Å². The van der Waals surface area contributed by atoms with Crippen LogP contribution in [0.1, 0.15) is 25.8 Å². The molecule has 0 amide bonds. The van der Waals surface area contributed by atoms with E-state index in [0.29, 0.717) is 29.9 Å². The molecule has 18 heavy (non-hydrogen) atoms. The predicted molar refractivity (Wildman–Crippen MR) is 72.1 cm³/mol. The quantitative estimate of drug-likeness (QED) is 0.450. The first kappa shape index (κ1) is 15.0. The highest BCUT2D eigenvalue weighted by Crippen LogP contribution is 2.25. The fourth-order valence-corrected chi connectivity index (χ4v) is 1.49. The lowest BCUT2D eigenvalue weighted by molar-refractivity contribution is -0.135. The van der Waals surface area contributed by atoms with Crippen molar-refractivity contribution in [3.8, 4) is 5.75 Å². The van der Waals surface area contributed by atoms with Crippen LogP contribution in [0.3, 0.4) is 0 Å². The third-order valence-corrected chi connectivity index (χ3v) is 2.52. The van der Waals surface area contributed by atoms with Gasteiger partial charge in [0.1, 0.15) is 5.75 Å². The first-order valence-electron chi connectivity index (χ1n) is 6.03. The molecule has 0 aliphatic carbocycles. The monoisotopic (exact) mass is 270 g/mol. The fraction of sp³-hybridized carbons (Fsp3) is 0.500. The van der Waals surface area contributed by atoms with E-state index in [9.17, 15) is 4.79 Å². The lowest BCUT2D eigenvalue weighted by Crippen LogP contribution is -2.13. The van der Waals surface area contributed by atoms with Gasteiger partial charge >= 0.3 is 5.97 Å². The Balaban J connectivity index is 2.38. The maximum absolute atomic E-state index is 11.6. The third-order valence-electron chi connectivity index (χ3n) is 2.21. The molecule has 0 spiro atoms. The molecule has 0 aromatic heterocycles. The lowest BCUT2D eigenvalue weighted by atomic mass is 10.2. The second-order valence-corrected chi connectivity index (χ2v) is 5.03. The van der Waals surface area contributed by atoms with E-state index in [1.165, 1.54) is 0 Å². The van der Waals surface area contributed by atoms with Gasteiger partial charge < -0.3 is 9.47 Å². The SMILES string of the molecule is Cc1ccc(Cl)c(OC(=O)CCOCC(C)C)c1. The Labute approximate surface area is 113 Å². The number of hydrogen-bond acceptors (Lipinski definition) is 3. The van der Waals surface area contributed by atoms with E-state index in [0.717, 1.165) is 5.56 Å². The van der Waals surface area contributed by atoms with Crippen LogP contribution in [0.15, 0.2) is 18.2 Å². The Bertz CT molecular complexity index is 402. The summed E-state index contributed by atoms with van der Waals surface area (Å²) in [5.74, 6) is 0.545. The van der Waals surface area contributed by atoms with Gasteiger partial charge in [0.25, 0.3) is 0 Å². The summed E-state index contributed by atoms with van der Waals surface area (Å²) in [6, 6.07) is 5.33. The summed E-state index contributed by atoms with van der Waals surface area (Å²) in [5.41, 5.74) is 0.998. The Kier molecular flexibility index (Phi) is 6.16. The number of halogens is 1. The van der Waals surface area contributed by atoms with Crippen molar-refractivity contribution in [3.05, 3.63) is 28.8 Å². The second-order valence-electron chi connectivity index (χ2n) is 4.63. The van der Waals surface area contributed by atoms with Gasteiger partial charge in [-0.25, -0.2) is 0 Å². The Morgan fingerprint density at radius 2 is 2.11 bits per heavy atom. The largest absolute Gasteiger partial charge is 0.425 e. The van der Waals surface area contributed by atoms with Gasteiger partial charge in [-0.2, -0.15) is 0 Å². The van der Waals surface area contributed by atoms with Crippen LogP contribution in [0.25, 0.3) is 0 Å². The van der Waals surface area contributed by atoms with E-state index in [4.69, 9.17) is 21.1 Å². The van der Waals surface area contributed by atoms with Gasteiger partial charge in [-0.3, -0.25) is 4.79 Å². The zero-order valence-corrected chi connectivity index (χ0v) is 11.8. The molecule has 0 atom stereocenters. The first-order valence-corrected chi connectivity index (χ1v) is 6.41. The maximum atomic E-state index is 11.6. The van der Waals surface area contributed by atoms with Crippen molar-refractivity contribution < 1.29 is 14.3 Å². The lowest BCUT2D eigenvalue weighted by Gasteiger charge is -2.08. The number of hydrogen-bond donors (Lipinski definition) is 0. The second kappa shape index (κ2) is 7.39. The van der Waals surface area contributed by atoms with Crippen molar-refractivity contribution in [1.29, 1.82) is 0 Å². The predicted octanol–water partition coefficient (Wildman–Crippen LogP) is 3.62. The van der Waals surface area contributed by atoms with Crippen LogP contribution in [0.4, 0.5) is 0 Å². The van der Waals surface area contributed by atoms with Gasteiger partial charge in [0.05, 0.1) is 18.1 Å². The summed E-state index contributed by atoms with van der Waals surface area (Å²) in [6.45, 7) is 7.06. The average molecular weight is 271 g/mol. The normalized spacial score (nSPS) is 10.7. The van der Waals surface area contributed by atoms with Crippen molar-refractivity contribution in [3.63, 3.8) is 0 Å². The van der Waals surface area contributed by atoms with Gasteiger partial charge in [-0.05, 0) is 30.5 Å². The van der Waals surface area contributed by atoms with Crippen molar-refractivity contribution in [1.82, 2.24) is 0 Å². The molecular weight excluding hydrogens is 252 g/mol. The highest BCUT2D eigenvalue weighted by Gasteiger charge is 2.08. The number of esters is 1. The molecule has 1 aromatic carbocycles. The molecule has 0 bridgehead atoms. The summed E-state index contributed by atoms with van der Waals surface area (Å²) in [7, 11) is 0. The Hall–Kier alpha value is -1.06. The van der Waals surface area contributed by atoms with Crippen LogP contribution in [0.2, 0.25) is 5.02 Å². The van der Waals surface area contributed by atoms with E-state index in [1.807, 2.05) is 13.0 Å². The molecule has 0 fully saturated rings. The van der Waals surface area contributed by atoms with E-state index in [1.54, 1.807) is 12.1 Å². The van der Waals surface area contributed by atoms with Crippen molar-refractivity contribution in [2.45, 2.75) is 27.2 Å². The van der Waals surface area contributed by atoms with Crippen LogP contribution in [-0.4, -0.2) is 19.2 Å². The molecule has 3 nitrogen and oxygen atoms in total. The minimum absolute atomic E-state index is 0.233. The van der Waals surface area contributed by atoms with Gasteiger partial charge in [0.2, 0.25) is 0 Å². The van der Waals surface area contributed by atoms with Crippen LogP contribution in [-0.2, 0) is 9.53 Å². The number of carbonyl (C=O) groups excluding carboxylic acids is 1. The van der Waals surface area contributed by atoms with Crippen molar-refractivity contribution >= 4 is 17.6 Å². The molecular formula is C14H19ClO3. The molecule has 100 valence electrons. The van der Waals surface area contributed by atoms with Crippen LogP contribution >= 0.6 is 11.6 Å². The number of benzene rings is 1. The summed E-state index contributed by atoms with van der Waals surface area (Å²) in [5, 5.41) is 0.442. The topological polar surface area (TPSA) is 35.5 Å². The molecule has 0 unspecified atom stereocenters. The Morgan fingerprint density at radius 1 is 1.39 bits per heavy atom. The van der Waals surface area contributed by atoms with E-state index >= 15 is 0 Å². The molecule has 1 rings (SSSR count). The average Bonchev–Trinajstić information content (AvgIpc) is 2.29. The number of ether oxygens (including phenoxy) is 2. The highest BCUT2D eigenvalue weighted by atomic mass is 35.5. The van der Waals surface area contributed by atoms with Gasteiger partial charge in [-0.1, -0.05) is 31.5 Å². The number of aryl methyl sites for hydroxylation is 1. The zero-order valence-electron chi connectivity index (χ0n) is 11.0. The van der Waals surface area contributed by atoms with Crippen LogP contribution in [0.5, 0.6) is 5.75 Å². The maximum Gasteiger partial charge on any atom is 0.313 e. The minimum atomic E-state index is -0.328. The molecule has 0 saturated heterocycles. The van der Waals surface area contributed by atoms with Gasteiger partial charge in [0, 0.05) is 6.61 Å². The molecule has 0 radical (unpaired) electrons. The van der Waals surface area contributed by atoms with E-state index in [-0.39, 0.29) is 12.4 Å². The highest BCUT2D eigenvalue weighted by molar-refractivity contribution is 6.32. The smallest absolute Gasteiger partial charge is 0.313 e. The molecule has 0 saturated carbocycles. The Morgan fingerprint density at radius 3 is 2.78 bits per heavy atom. The number of carbonyl (C=O) groups is 1. The zero-order chi connectivity index (χ0) is 13.5. The third kappa shape index (κ3) is 5.52. The van der Waals surface area contributed by atoms with Crippen molar-refractivity contribution in [2.75, 3.05) is 13.2 Å². The minimum Gasteiger partial charge on any atom is -0.425 e. The standard InChI is InChI=1S/C14H19ClO3/c1-10(2)9-17-7-6-14(16)18-13-8-11(3)4-5-12(13)15/h4-5,8,10H,6-7,9H2,1-3H3. The molecule has 0 heterocycles. The van der Waals surface area contributed by atoms with Gasteiger partial charge in [0.15, 0.2) is 0 Å². The van der Waals surface area contributed by atoms with E-state index in [2.05, 4.69) is 13.8 Å². The van der Waals surface area contributed by atoms with Crippen LogP contribution < -0.4 is 4.74 Å². The molecule has 0 aliphatic rings. The molecule has 4 heteroatoms. The molecule has 1 aromatic rings. The van der Waals surface area contributed by atoms with Crippen LogP contribution in [0, 0.1) is 12.8 Å². The summed E-state index contributed by atoms with van der Waals surface area (Å²) in [6.07, 6.45) is 0.233. The first-order chi connectivity index (χ1) is 8.49. The number of rotatable bonds is 6. The fourth-order valence-electron chi connectivity index (χ4n) is 1.34. The van der Waals surface area contributed by atoms with Gasteiger partial charge in [-0.15, -0.1) is 0 Å². The summed E-state index contributed by atoms with van der Waals surface area (Å²) >= 11 is 5.93. The van der Waals surface area contributed by atoms with Crippen molar-refractivity contribution in [2.24, 2.45) is 5.92 Å². The summed E-state index contributed by atoms with van der Waals surface area (Å²) in [4.78, 5) is 11.6. The molecule has 0 N–H and O–H groups in total. The molecule has 0 aliphatic heterocycles.